The van der Waals surface area contributed by atoms with E-state index in [-0.39, 0.29) is 0 Å². The Morgan fingerprint density at radius 3 is 2.45 bits per heavy atom. The van der Waals surface area contributed by atoms with Crippen LogP contribution < -0.4 is 5.32 Å². The van der Waals surface area contributed by atoms with E-state index in [1.165, 1.54) is 24.8 Å². The van der Waals surface area contributed by atoms with Crippen LogP contribution in [0.25, 0.3) is 0 Å². The van der Waals surface area contributed by atoms with Gasteiger partial charge in [-0.05, 0) is 48.0 Å². The number of fused-ring (bicyclic) bond motifs is 2. The van der Waals surface area contributed by atoms with Gasteiger partial charge < -0.3 is 5.32 Å². The van der Waals surface area contributed by atoms with E-state index in [2.05, 4.69) is 63.3 Å². The Bertz CT molecular complexity index is 459. The second kappa shape index (κ2) is 4.87. The Kier molecular flexibility index (Phi) is 3.44. The molecule has 2 fully saturated rings. The molecule has 1 N–H and O–H groups in total. The third-order valence-electron chi connectivity index (χ3n) is 6.25. The number of nitrogens with one attached hydrogen (secondary N) is 1. The predicted octanol–water partition coefficient (Wildman–Crippen LogP) is 4.94. The first kappa shape index (κ1) is 14.1. The maximum absolute atomic E-state index is 4.04. The average Bonchev–Trinajstić information content (AvgIpc) is 2.91. The van der Waals surface area contributed by atoms with Crippen molar-refractivity contribution in [3.63, 3.8) is 0 Å². The molecule has 0 amide bonds. The number of rotatable bonds is 4. The van der Waals surface area contributed by atoms with Gasteiger partial charge in [0.25, 0.3) is 0 Å². The smallest absolute Gasteiger partial charge is 0.0320 e. The van der Waals surface area contributed by atoms with Crippen molar-refractivity contribution in [3.05, 3.63) is 35.9 Å². The second-order valence-electron chi connectivity index (χ2n) is 7.89. The molecule has 3 rings (SSSR count). The zero-order valence-corrected chi connectivity index (χ0v) is 13.4. The molecule has 0 aliphatic heterocycles. The van der Waals surface area contributed by atoms with Crippen molar-refractivity contribution in [2.75, 3.05) is 0 Å². The Balaban J connectivity index is 1.83. The number of hydrogen-bond donors (Lipinski definition) is 1. The van der Waals surface area contributed by atoms with Gasteiger partial charge in [-0.2, -0.15) is 0 Å². The molecule has 1 nitrogen and oxygen atoms in total. The van der Waals surface area contributed by atoms with Gasteiger partial charge in [-0.25, -0.2) is 0 Å². The molecule has 0 spiro atoms. The summed E-state index contributed by atoms with van der Waals surface area (Å²) in [6.45, 7) is 9.78. The van der Waals surface area contributed by atoms with Crippen molar-refractivity contribution in [1.82, 2.24) is 5.32 Å². The van der Waals surface area contributed by atoms with Crippen LogP contribution in [0.5, 0.6) is 0 Å². The molecule has 110 valence electrons. The molecule has 1 aromatic rings. The summed E-state index contributed by atoms with van der Waals surface area (Å²) in [5.74, 6) is 0.915. The zero-order valence-electron chi connectivity index (χ0n) is 13.4. The fourth-order valence-electron chi connectivity index (χ4n) is 5.05. The molecular weight excluding hydrogens is 242 g/mol. The van der Waals surface area contributed by atoms with E-state index < -0.39 is 0 Å². The molecule has 0 saturated heterocycles. The quantitative estimate of drug-likeness (QED) is 0.817. The van der Waals surface area contributed by atoms with Gasteiger partial charge in [-0.15, -0.1) is 0 Å². The summed E-state index contributed by atoms with van der Waals surface area (Å²) in [7, 11) is 0. The first-order valence-corrected chi connectivity index (χ1v) is 8.28. The maximum Gasteiger partial charge on any atom is 0.0320 e. The molecule has 4 unspecified atom stereocenters. The lowest BCUT2D eigenvalue weighted by Crippen LogP contribution is -2.51. The van der Waals surface area contributed by atoms with Crippen molar-refractivity contribution in [1.29, 1.82) is 0 Å². The van der Waals surface area contributed by atoms with Gasteiger partial charge in [-0.1, -0.05) is 58.0 Å². The third-order valence-corrected chi connectivity index (χ3v) is 6.25. The summed E-state index contributed by atoms with van der Waals surface area (Å²) in [6, 6.07) is 12.1. The Morgan fingerprint density at radius 1 is 1.20 bits per heavy atom. The minimum Gasteiger partial charge on any atom is -0.306 e. The van der Waals surface area contributed by atoms with E-state index in [1.54, 1.807) is 0 Å². The molecule has 2 aliphatic carbocycles. The molecule has 0 aromatic heterocycles. The van der Waals surface area contributed by atoms with E-state index in [1.807, 2.05) is 0 Å². The predicted molar refractivity (Wildman–Crippen MR) is 85.6 cm³/mol. The number of hydrogen-bond acceptors (Lipinski definition) is 1. The van der Waals surface area contributed by atoms with Crippen LogP contribution in [0.4, 0.5) is 0 Å². The summed E-state index contributed by atoms with van der Waals surface area (Å²) in [5, 5.41) is 4.04. The van der Waals surface area contributed by atoms with E-state index >= 15 is 0 Å². The summed E-state index contributed by atoms with van der Waals surface area (Å²) in [4.78, 5) is 0. The highest BCUT2D eigenvalue weighted by molar-refractivity contribution is 5.21. The molecular formula is C19H29N. The van der Waals surface area contributed by atoms with Crippen molar-refractivity contribution in [2.45, 2.75) is 65.5 Å². The van der Waals surface area contributed by atoms with Crippen LogP contribution in [0.2, 0.25) is 0 Å². The highest BCUT2D eigenvalue weighted by atomic mass is 15.0. The van der Waals surface area contributed by atoms with Crippen LogP contribution in [-0.2, 0) is 0 Å². The van der Waals surface area contributed by atoms with Gasteiger partial charge in [0.15, 0.2) is 0 Å². The summed E-state index contributed by atoms with van der Waals surface area (Å²) >= 11 is 0. The van der Waals surface area contributed by atoms with Crippen LogP contribution in [0.1, 0.15) is 65.0 Å². The van der Waals surface area contributed by atoms with Gasteiger partial charge in [0, 0.05) is 12.1 Å². The topological polar surface area (TPSA) is 12.0 Å². The maximum atomic E-state index is 4.04. The average molecular weight is 271 g/mol. The summed E-state index contributed by atoms with van der Waals surface area (Å²) in [5.41, 5.74) is 2.39. The highest BCUT2D eigenvalue weighted by Gasteiger charge is 2.59. The first-order chi connectivity index (χ1) is 9.47. The molecule has 20 heavy (non-hydrogen) atoms. The highest BCUT2D eigenvalue weighted by Crippen LogP contribution is 2.62. The van der Waals surface area contributed by atoms with Crippen LogP contribution in [0, 0.1) is 16.7 Å². The van der Waals surface area contributed by atoms with Gasteiger partial charge in [-0.3, -0.25) is 0 Å². The fourth-order valence-corrected chi connectivity index (χ4v) is 5.05. The lowest BCUT2D eigenvalue weighted by Gasteiger charge is -2.45. The Morgan fingerprint density at radius 2 is 1.90 bits per heavy atom. The minimum atomic E-state index is 0.440. The molecule has 0 heterocycles. The van der Waals surface area contributed by atoms with Gasteiger partial charge in [0.1, 0.15) is 0 Å². The van der Waals surface area contributed by atoms with Crippen molar-refractivity contribution >= 4 is 0 Å². The largest absolute Gasteiger partial charge is 0.306 e. The van der Waals surface area contributed by atoms with Crippen molar-refractivity contribution in [2.24, 2.45) is 16.7 Å². The second-order valence-corrected chi connectivity index (χ2v) is 7.89. The van der Waals surface area contributed by atoms with E-state index in [9.17, 15) is 0 Å². The molecule has 2 saturated carbocycles. The van der Waals surface area contributed by atoms with Crippen LogP contribution in [0.15, 0.2) is 30.3 Å². The molecule has 1 aromatic carbocycles. The van der Waals surface area contributed by atoms with Crippen LogP contribution >= 0.6 is 0 Å². The van der Waals surface area contributed by atoms with Gasteiger partial charge >= 0.3 is 0 Å². The minimum absolute atomic E-state index is 0.440. The molecule has 0 radical (unpaired) electrons. The van der Waals surface area contributed by atoms with E-state index in [4.69, 9.17) is 0 Å². The summed E-state index contributed by atoms with van der Waals surface area (Å²) in [6.07, 6.45) is 5.42. The lowest BCUT2D eigenvalue weighted by molar-refractivity contribution is 0.0976. The van der Waals surface area contributed by atoms with Crippen LogP contribution in [-0.4, -0.2) is 6.04 Å². The monoisotopic (exact) mass is 271 g/mol. The third kappa shape index (κ3) is 2.11. The Hall–Kier alpha value is -0.820. The first-order valence-electron chi connectivity index (χ1n) is 8.28. The SMILES string of the molecule is CCC(NC1C2(C)CCC(C2)C1(C)C)c1ccccc1. The fraction of sp³-hybridized carbons (Fsp3) is 0.684. The molecule has 4 atom stereocenters. The van der Waals surface area contributed by atoms with E-state index in [0.29, 0.717) is 22.9 Å². The Labute approximate surface area is 124 Å². The molecule has 2 aliphatic rings. The summed E-state index contributed by atoms with van der Waals surface area (Å²) < 4.78 is 0. The van der Waals surface area contributed by atoms with Crippen molar-refractivity contribution < 1.29 is 0 Å². The van der Waals surface area contributed by atoms with Gasteiger partial charge in [0.05, 0.1) is 0 Å². The zero-order chi connectivity index (χ0) is 14.4. The lowest BCUT2D eigenvalue weighted by atomic mass is 9.68. The molecule has 2 bridgehead atoms. The van der Waals surface area contributed by atoms with Crippen LogP contribution in [0.3, 0.4) is 0 Å². The van der Waals surface area contributed by atoms with Gasteiger partial charge in [0.2, 0.25) is 0 Å². The molecule has 1 heteroatoms. The number of benzene rings is 1. The van der Waals surface area contributed by atoms with Crippen molar-refractivity contribution in [3.8, 4) is 0 Å². The van der Waals surface area contributed by atoms with E-state index in [0.717, 1.165) is 12.3 Å². The standard InChI is InChI=1S/C19H29N/c1-5-16(14-9-7-6-8-10-14)20-17-18(2,3)15-11-12-19(17,4)13-15/h6-10,15-17,20H,5,11-13H2,1-4H3. The normalized spacial score (nSPS) is 36.2.